The van der Waals surface area contributed by atoms with Gasteiger partial charge in [-0.2, -0.15) is 5.26 Å². The van der Waals surface area contributed by atoms with E-state index in [4.69, 9.17) is 5.26 Å². The molecule has 0 aliphatic heterocycles. The Hall–Kier alpha value is -3.53. The molecule has 4 rings (SSSR count). The maximum atomic E-state index is 14.6. The summed E-state index contributed by atoms with van der Waals surface area (Å²) < 4.78 is 14.6. The molecule has 1 amide bonds. The van der Waals surface area contributed by atoms with E-state index in [1.807, 2.05) is 24.3 Å². The van der Waals surface area contributed by atoms with Crippen molar-refractivity contribution in [2.24, 2.45) is 0 Å². The lowest BCUT2D eigenvalue weighted by atomic mass is 10.00. The molecule has 0 saturated heterocycles. The van der Waals surface area contributed by atoms with Gasteiger partial charge in [-0.05, 0) is 69.0 Å². The highest BCUT2D eigenvalue weighted by molar-refractivity contribution is 5.92. The lowest BCUT2D eigenvalue weighted by Crippen LogP contribution is -2.32. The smallest absolute Gasteiger partial charge is 0.237 e. The van der Waals surface area contributed by atoms with Gasteiger partial charge < -0.3 is 10.2 Å². The first kappa shape index (κ1) is 21.7. The number of hydrogen-bond donors (Lipinski definition) is 1. The molecule has 0 bridgehead atoms. The van der Waals surface area contributed by atoms with Gasteiger partial charge in [-0.3, -0.25) is 4.79 Å². The minimum Gasteiger partial charge on any atom is -0.365 e. The van der Waals surface area contributed by atoms with Crippen LogP contribution in [0.25, 0.3) is 22.0 Å². The third-order valence-electron chi connectivity index (χ3n) is 5.39. The van der Waals surface area contributed by atoms with Crippen LogP contribution < -0.4 is 5.32 Å². The number of nitrogens with one attached hydrogen (secondary N) is 1. The van der Waals surface area contributed by atoms with E-state index in [0.29, 0.717) is 5.56 Å². The molecule has 1 heterocycles. The van der Waals surface area contributed by atoms with Crippen molar-refractivity contribution in [2.45, 2.75) is 58.2 Å². The summed E-state index contributed by atoms with van der Waals surface area (Å²) in [6, 6.07) is 12.8. The van der Waals surface area contributed by atoms with Gasteiger partial charge in [-0.25, -0.2) is 14.4 Å². The number of amides is 1. The highest BCUT2D eigenvalue weighted by atomic mass is 19.1. The Morgan fingerprint density at radius 2 is 1.91 bits per heavy atom. The summed E-state index contributed by atoms with van der Waals surface area (Å²) in [7, 11) is 0. The molecule has 6 nitrogen and oxygen atoms in total. The van der Waals surface area contributed by atoms with E-state index in [1.54, 1.807) is 17.0 Å². The van der Waals surface area contributed by atoms with E-state index in [2.05, 4.69) is 36.1 Å². The molecule has 0 spiro atoms. The van der Waals surface area contributed by atoms with Crippen LogP contribution in [0.5, 0.6) is 0 Å². The van der Waals surface area contributed by atoms with Gasteiger partial charge in [-0.15, -0.1) is 0 Å². The number of nitriles is 1. The number of halogens is 1. The molecule has 1 aromatic heterocycles. The Labute approximate surface area is 187 Å². The number of carbonyl (C=O) groups is 1. The molecule has 1 aliphatic rings. The van der Waals surface area contributed by atoms with Gasteiger partial charge in [0.2, 0.25) is 5.91 Å². The number of rotatable bonds is 6. The molecule has 32 heavy (non-hydrogen) atoms. The second kappa shape index (κ2) is 8.54. The molecule has 1 aliphatic carbocycles. The Bertz CT molecular complexity index is 1210. The number of fused-ring (bicyclic) bond motifs is 1. The SMILES string of the molecule is CC(C)(C)Nc1ncnc2ccc(-c3ccc(F)c(CN(C(=O)CC#N)C4CC4)c3)cc12. The highest BCUT2D eigenvalue weighted by Crippen LogP contribution is 2.32. The molecule has 164 valence electrons. The first-order valence-corrected chi connectivity index (χ1v) is 10.7. The largest absolute Gasteiger partial charge is 0.365 e. The van der Waals surface area contributed by atoms with Crippen molar-refractivity contribution in [2.75, 3.05) is 5.32 Å². The fourth-order valence-electron chi connectivity index (χ4n) is 3.73. The minimum absolute atomic E-state index is 0.0998. The number of benzene rings is 2. The molecule has 3 aromatic rings. The highest BCUT2D eigenvalue weighted by Gasteiger charge is 2.32. The quantitative estimate of drug-likeness (QED) is 0.591. The maximum absolute atomic E-state index is 14.6. The molecule has 0 radical (unpaired) electrons. The number of nitrogens with zero attached hydrogens (tertiary/aromatic N) is 4. The fraction of sp³-hybridized carbons (Fsp3) is 0.360. The second-order valence-electron chi connectivity index (χ2n) is 9.22. The van der Waals surface area contributed by atoms with Crippen LogP contribution in [0.2, 0.25) is 0 Å². The van der Waals surface area contributed by atoms with Crippen LogP contribution in [0.1, 0.15) is 45.6 Å². The lowest BCUT2D eigenvalue weighted by Gasteiger charge is -2.22. The zero-order valence-electron chi connectivity index (χ0n) is 18.5. The minimum atomic E-state index is -0.358. The molecular weight excluding hydrogens is 405 g/mol. The summed E-state index contributed by atoms with van der Waals surface area (Å²) in [4.78, 5) is 22.8. The zero-order valence-corrected chi connectivity index (χ0v) is 18.5. The van der Waals surface area contributed by atoms with Crippen LogP contribution in [0, 0.1) is 17.1 Å². The summed E-state index contributed by atoms with van der Waals surface area (Å²) in [6.07, 6.45) is 3.14. The van der Waals surface area contributed by atoms with Crippen molar-refractivity contribution in [3.05, 3.63) is 54.1 Å². The fourth-order valence-corrected chi connectivity index (χ4v) is 3.73. The monoisotopic (exact) mass is 431 g/mol. The zero-order chi connectivity index (χ0) is 22.9. The van der Waals surface area contributed by atoms with Crippen molar-refractivity contribution >= 4 is 22.6 Å². The standard InChI is InChI=1S/C25H26FN5O/c1-25(2,3)30-24-20-13-17(5-9-22(20)28-15-29-24)16-4-8-21(26)18(12-16)14-31(19-6-7-19)23(32)10-11-27/h4-5,8-9,12-13,15,19H,6-7,10,14H2,1-3H3,(H,28,29,30). The van der Waals surface area contributed by atoms with Gasteiger partial charge in [0.15, 0.2) is 0 Å². The van der Waals surface area contributed by atoms with Crippen molar-refractivity contribution in [3.8, 4) is 17.2 Å². The van der Waals surface area contributed by atoms with Crippen LogP contribution in [0.3, 0.4) is 0 Å². The first-order valence-electron chi connectivity index (χ1n) is 10.7. The summed E-state index contributed by atoms with van der Waals surface area (Å²) in [5.41, 5.74) is 2.85. The predicted octanol–water partition coefficient (Wildman–Crippen LogP) is 5.05. The van der Waals surface area contributed by atoms with E-state index < -0.39 is 0 Å². The predicted molar refractivity (Wildman–Crippen MR) is 122 cm³/mol. The number of hydrogen-bond acceptors (Lipinski definition) is 5. The Morgan fingerprint density at radius 1 is 1.19 bits per heavy atom. The molecule has 0 atom stereocenters. The molecule has 0 unspecified atom stereocenters. The van der Waals surface area contributed by atoms with Crippen LogP contribution in [-0.2, 0) is 11.3 Å². The number of carbonyl (C=O) groups excluding carboxylic acids is 1. The summed E-state index contributed by atoms with van der Waals surface area (Å²) in [5.74, 6) is 0.137. The van der Waals surface area contributed by atoms with Crippen molar-refractivity contribution < 1.29 is 9.18 Å². The Morgan fingerprint density at radius 3 is 2.59 bits per heavy atom. The third-order valence-corrected chi connectivity index (χ3v) is 5.39. The summed E-state index contributed by atoms with van der Waals surface area (Å²) in [5, 5.41) is 13.2. The van der Waals surface area contributed by atoms with Crippen LogP contribution in [0.15, 0.2) is 42.7 Å². The van der Waals surface area contributed by atoms with E-state index in [1.165, 1.54) is 12.4 Å². The van der Waals surface area contributed by atoms with E-state index in [0.717, 1.165) is 40.7 Å². The van der Waals surface area contributed by atoms with Crippen molar-refractivity contribution in [3.63, 3.8) is 0 Å². The molecule has 1 saturated carbocycles. The average molecular weight is 432 g/mol. The van der Waals surface area contributed by atoms with Crippen LogP contribution in [0.4, 0.5) is 10.2 Å². The average Bonchev–Trinajstić information content (AvgIpc) is 3.57. The molecule has 1 N–H and O–H groups in total. The lowest BCUT2D eigenvalue weighted by molar-refractivity contribution is -0.131. The second-order valence-corrected chi connectivity index (χ2v) is 9.22. The van der Waals surface area contributed by atoms with Crippen molar-refractivity contribution in [1.82, 2.24) is 14.9 Å². The third kappa shape index (κ3) is 4.86. The normalized spacial score (nSPS) is 13.6. The van der Waals surface area contributed by atoms with Crippen LogP contribution in [-0.4, -0.2) is 32.4 Å². The van der Waals surface area contributed by atoms with Gasteiger partial charge in [0, 0.05) is 29.1 Å². The summed E-state index contributed by atoms with van der Waals surface area (Å²) >= 11 is 0. The van der Waals surface area contributed by atoms with Crippen LogP contribution >= 0.6 is 0 Å². The molecule has 1 fully saturated rings. The maximum Gasteiger partial charge on any atom is 0.237 e. The van der Waals surface area contributed by atoms with Gasteiger partial charge in [-0.1, -0.05) is 12.1 Å². The van der Waals surface area contributed by atoms with Gasteiger partial charge in [0.05, 0.1) is 11.6 Å². The Kier molecular flexibility index (Phi) is 5.79. The van der Waals surface area contributed by atoms with E-state index in [-0.39, 0.29) is 36.3 Å². The van der Waals surface area contributed by atoms with E-state index in [9.17, 15) is 9.18 Å². The van der Waals surface area contributed by atoms with E-state index >= 15 is 0 Å². The topological polar surface area (TPSA) is 81.9 Å². The van der Waals surface area contributed by atoms with Gasteiger partial charge >= 0.3 is 0 Å². The Balaban J connectivity index is 1.69. The van der Waals surface area contributed by atoms with Gasteiger partial charge in [0.1, 0.15) is 24.4 Å². The summed E-state index contributed by atoms with van der Waals surface area (Å²) in [6.45, 7) is 6.36. The number of anilines is 1. The molecule has 7 heteroatoms. The van der Waals surface area contributed by atoms with Crippen molar-refractivity contribution in [1.29, 1.82) is 5.26 Å². The molecule has 2 aromatic carbocycles. The number of aromatic nitrogens is 2. The molecular formula is C25H26FN5O. The van der Waals surface area contributed by atoms with Gasteiger partial charge in [0.25, 0.3) is 0 Å². The first-order chi connectivity index (χ1) is 15.2.